The zero-order chi connectivity index (χ0) is 19.5. The number of nitrogens with one attached hydrogen (secondary N) is 1. The normalized spacial score (nSPS) is 18.8. The SMILES string of the molecule is CCOCCn1cc(C(=O)NC2CC(c3cccc4nccn34)C2)ccc1=O. The molecule has 3 aromatic heterocycles. The Labute approximate surface area is 163 Å². The summed E-state index contributed by atoms with van der Waals surface area (Å²) in [5.41, 5.74) is 2.54. The number of nitrogens with zero attached hydrogens (tertiary/aromatic N) is 3. The lowest BCUT2D eigenvalue weighted by atomic mass is 9.77. The first-order valence-electron chi connectivity index (χ1n) is 9.67. The van der Waals surface area contributed by atoms with Gasteiger partial charge in [-0.05, 0) is 38.0 Å². The Morgan fingerprint density at radius 3 is 2.96 bits per heavy atom. The highest BCUT2D eigenvalue weighted by Gasteiger charge is 2.33. The minimum atomic E-state index is -0.144. The second-order valence-electron chi connectivity index (χ2n) is 7.09. The van der Waals surface area contributed by atoms with Gasteiger partial charge in [-0.3, -0.25) is 9.59 Å². The fraction of sp³-hybridized carbons (Fsp3) is 0.381. The molecule has 3 heterocycles. The van der Waals surface area contributed by atoms with Crippen LogP contribution in [-0.4, -0.2) is 39.1 Å². The number of rotatable bonds is 7. The van der Waals surface area contributed by atoms with E-state index in [1.807, 2.05) is 25.3 Å². The van der Waals surface area contributed by atoms with Crippen LogP contribution in [0.5, 0.6) is 0 Å². The van der Waals surface area contributed by atoms with E-state index in [-0.39, 0.29) is 17.5 Å². The fourth-order valence-corrected chi connectivity index (χ4v) is 3.70. The summed E-state index contributed by atoms with van der Waals surface area (Å²) >= 11 is 0. The van der Waals surface area contributed by atoms with Gasteiger partial charge in [0.1, 0.15) is 5.65 Å². The Morgan fingerprint density at radius 1 is 1.29 bits per heavy atom. The first-order valence-corrected chi connectivity index (χ1v) is 9.67. The summed E-state index contributed by atoms with van der Waals surface area (Å²) in [4.78, 5) is 28.8. The third-order valence-corrected chi connectivity index (χ3v) is 5.28. The zero-order valence-corrected chi connectivity index (χ0v) is 15.9. The van der Waals surface area contributed by atoms with E-state index in [4.69, 9.17) is 4.74 Å². The lowest BCUT2D eigenvalue weighted by Gasteiger charge is -2.36. The largest absolute Gasteiger partial charge is 0.380 e. The molecule has 146 valence electrons. The molecule has 3 aromatic rings. The van der Waals surface area contributed by atoms with E-state index in [0.29, 0.717) is 31.2 Å². The van der Waals surface area contributed by atoms with Crippen LogP contribution in [0, 0.1) is 0 Å². The van der Waals surface area contributed by atoms with Crippen molar-refractivity contribution in [2.24, 2.45) is 0 Å². The van der Waals surface area contributed by atoms with Crippen molar-refractivity contribution >= 4 is 11.6 Å². The van der Waals surface area contributed by atoms with E-state index in [0.717, 1.165) is 18.5 Å². The number of imidazole rings is 1. The van der Waals surface area contributed by atoms with E-state index in [1.165, 1.54) is 16.3 Å². The van der Waals surface area contributed by atoms with Gasteiger partial charge in [0.15, 0.2) is 0 Å². The standard InChI is InChI=1S/C21H24N4O3/c1-2-28-11-10-24-14-15(6-7-20(24)26)21(27)23-17-12-16(13-17)18-4-3-5-19-22-8-9-25(18)19/h3-9,14,16-17H,2,10-13H2,1H3,(H,23,27). The van der Waals surface area contributed by atoms with Crippen LogP contribution in [0.4, 0.5) is 0 Å². The summed E-state index contributed by atoms with van der Waals surface area (Å²) in [5, 5.41) is 3.08. The molecule has 28 heavy (non-hydrogen) atoms. The Balaban J connectivity index is 1.37. The predicted octanol–water partition coefficient (Wildman–Crippen LogP) is 2.21. The van der Waals surface area contributed by atoms with Crippen LogP contribution in [0.15, 0.2) is 53.7 Å². The molecule has 1 amide bonds. The molecule has 0 bridgehead atoms. The molecular weight excluding hydrogens is 356 g/mol. The van der Waals surface area contributed by atoms with Gasteiger partial charge in [0.2, 0.25) is 0 Å². The highest BCUT2D eigenvalue weighted by molar-refractivity contribution is 5.94. The summed E-state index contributed by atoms with van der Waals surface area (Å²) in [7, 11) is 0. The lowest BCUT2D eigenvalue weighted by Crippen LogP contribution is -2.44. The number of hydrogen-bond acceptors (Lipinski definition) is 4. The number of ether oxygens (including phenoxy) is 1. The van der Waals surface area contributed by atoms with E-state index >= 15 is 0 Å². The number of carbonyl (C=O) groups excluding carboxylic acids is 1. The minimum absolute atomic E-state index is 0.131. The summed E-state index contributed by atoms with van der Waals surface area (Å²) in [5.74, 6) is 0.262. The average molecular weight is 380 g/mol. The van der Waals surface area contributed by atoms with Crippen LogP contribution < -0.4 is 10.9 Å². The average Bonchev–Trinajstić information content (AvgIpc) is 3.15. The number of aromatic nitrogens is 3. The number of hydrogen-bond donors (Lipinski definition) is 1. The van der Waals surface area contributed by atoms with Crippen molar-refractivity contribution in [1.82, 2.24) is 19.3 Å². The van der Waals surface area contributed by atoms with Gasteiger partial charge in [0.05, 0.1) is 12.2 Å². The number of fused-ring (bicyclic) bond motifs is 1. The van der Waals surface area contributed by atoms with E-state index < -0.39 is 0 Å². The molecule has 7 nitrogen and oxygen atoms in total. The fourth-order valence-electron chi connectivity index (χ4n) is 3.70. The van der Waals surface area contributed by atoms with Crippen molar-refractivity contribution in [2.75, 3.05) is 13.2 Å². The molecular formula is C21H24N4O3. The Hall–Kier alpha value is -2.93. The van der Waals surface area contributed by atoms with Gasteiger partial charge in [0, 0.05) is 55.5 Å². The lowest BCUT2D eigenvalue weighted by molar-refractivity contribution is 0.0906. The van der Waals surface area contributed by atoms with Gasteiger partial charge in [-0.1, -0.05) is 6.07 Å². The first-order chi connectivity index (χ1) is 13.7. The molecule has 7 heteroatoms. The molecule has 1 saturated carbocycles. The molecule has 1 aliphatic rings. The Bertz CT molecular complexity index is 1030. The van der Waals surface area contributed by atoms with Crippen molar-refractivity contribution < 1.29 is 9.53 Å². The van der Waals surface area contributed by atoms with Crippen molar-refractivity contribution in [3.05, 3.63) is 70.5 Å². The van der Waals surface area contributed by atoms with Crippen LogP contribution in [0.3, 0.4) is 0 Å². The van der Waals surface area contributed by atoms with Crippen LogP contribution in [0.2, 0.25) is 0 Å². The Kier molecular flexibility index (Phi) is 5.25. The molecule has 0 unspecified atom stereocenters. The van der Waals surface area contributed by atoms with Gasteiger partial charge in [-0.2, -0.15) is 0 Å². The van der Waals surface area contributed by atoms with Crippen molar-refractivity contribution in [1.29, 1.82) is 0 Å². The van der Waals surface area contributed by atoms with E-state index in [2.05, 4.69) is 20.8 Å². The topological polar surface area (TPSA) is 77.6 Å². The van der Waals surface area contributed by atoms with Gasteiger partial charge in [-0.25, -0.2) is 4.98 Å². The molecule has 4 rings (SSSR count). The molecule has 0 aromatic carbocycles. The maximum absolute atomic E-state index is 12.6. The Morgan fingerprint density at radius 2 is 2.14 bits per heavy atom. The van der Waals surface area contributed by atoms with Gasteiger partial charge >= 0.3 is 0 Å². The third kappa shape index (κ3) is 3.71. The monoisotopic (exact) mass is 380 g/mol. The number of amides is 1. The van der Waals surface area contributed by atoms with Gasteiger partial charge < -0.3 is 19.0 Å². The highest BCUT2D eigenvalue weighted by Crippen LogP contribution is 2.37. The smallest absolute Gasteiger partial charge is 0.252 e. The molecule has 0 spiro atoms. The summed E-state index contributed by atoms with van der Waals surface area (Å²) in [6.07, 6.45) is 7.18. The van der Waals surface area contributed by atoms with Gasteiger partial charge in [0.25, 0.3) is 11.5 Å². The van der Waals surface area contributed by atoms with Crippen molar-refractivity contribution in [2.45, 2.75) is 38.3 Å². The molecule has 0 atom stereocenters. The quantitative estimate of drug-likeness (QED) is 0.638. The van der Waals surface area contributed by atoms with E-state index in [9.17, 15) is 9.59 Å². The molecule has 0 aliphatic heterocycles. The number of carbonyl (C=O) groups is 1. The zero-order valence-electron chi connectivity index (χ0n) is 15.9. The molecule has 1 N–H and O–H groups in total. The number of pyridine rings is 2. The van der Waals surface area contributed by atoms with Crippen LogP contribution in [0.1, 0.15) is 41.7 Å². The van der Waals surface area contributed by atoms with Crippen molar-refractivity contribution in [3.8, 4) is 0 Å². The maximum Gasteiger partial charge on any atom is 0.252 e. The van der Waals surface area contributed by atoms with Gasteiger partial charge in [-0.15, -0.1) is 0 Å². The van der Waals surface area contributed by atoms with Crippen LogP contribution in [-0.2, 0) is 11.3 Å². The first kappa shape index (κ1) is 18.4. The summed E-state index contributed by atoms with van der Waals surface area (Å²) < 4.78 is 8.93. The second kappa shape index (κ2) is 7.98. The molecule has 0 radical (unpaired) electrons. The molecule has 1 fully saturated rings. The third-order valence-electron chi connectivity index (χ3n) is 5.28. The van der Waals surface area contributed by atoms with E-state index in [1.54, 1.807) is 18.5 Å². The molecule has 1 aliphatic carbocycles. The maximum atomic E-state index is 12.6. The minimum Gasteiger partial charge on any atom is -0.380 e. The second-order valence-corrected chi connectivity index (χ2v) is 7.09. The molecule has 0 saturated heterocycles. The predicted molar refractivity (Wildman–Crippen MR) is 106 cm³/mol. The van der Waals surface area contributed by atoms with Crippen molar-refractivity contribution in [3.63, 3.8) is 0 Å². The van der Waals surface area contributed by atoms with Crippen LogP contribution in [0.25, 0.3) is 5.65 Å². The van der Waals surface area contributed by atoms with Crippen LogP contribution >= 0.6 is 0 Å². The summed E-state index contributed by atoms with van der Waals surface area (Å²) in [6, 6.07) is 9.28. The summed E-state index contributed by atoms with van der Waals surface area (Å²) in [6.45, 7) is 3.40. The highest BCUT2D eigenvalue weighted by atomic mass is 16.5.